The molecule has 1 aromatic carbocycles. The van der Waals surface area contributed by atoms with Crippen molar-refractivity contribution in [1.82, 2.24) is 4.98 Å². The number of thiazole rings is 1. The van der Waals surface area contributed by atoms with Gasteiger partial charge in [0.15, 0.2) is 4.34 Å². The molecular weight excluding hydrogens is 254 g/mol. The summed E-state index contributed by atoms with van der Waals surface area (Å²) in [5.41, 5.74) is 0.974. The minimum absolute atomic E-state index is 0.396. The summed E-state index contributed by atoms with van der Waals surface area (Å²) in [5.74, 6) is -0.841. The van der Waals surface area contributed by atoms with E-state index in [4.69, 9.17) is 0 Å². The molecule has 2 aromatic rings. The number of nitrogens with zero attached hydrogens (tertiary/aromatic N) is 1. The third-order valence-electron chi connectivity index (χ3n) is 2.51. The molecule has 0 radical (unpaired) electrons. The van der Waals surface area contributed by atoms with Gasteiger partial charge in [0.05, 0.1) is 10.2 Å². The molecule has 0 spiro atoms. The molecule has 0 aliphatic heterocycles. The van der Waals surface area contributed by atoms with Crippen molar-refractivity contribution in [2.45, 2.75) is 17.7 Å². The van der Waals surface area contributed by atoms with Crippen molar-refractivity contribution >= 4 is 39.3 Å². The van der Waals surface area contributed by atoms with Crippen LogP contribution in [-0.2, 0) is 4.79 Å². The number of para-hydroxylation sites is 1. The SMILES string of the molecule is CCC(CSc1nc2ccccc2s1)C(=O)[O-]. The number of aromatic nitrogens is 1. The summed E-state index contributed by atoms with van der Waals surface area (Å²) in [6, 6.07) is 7.91. The van der Waals surface area contributed by atoms with E-state index in [9.17, 15) is 9.90 Å². The van der Waals surface area contributed by atoms with Gasteiger partial charge in [0.1, 0.15) is 0 Å². The lowest BCUT2D eigenvalue weighted by atomic mass is 10.1. The van der Waals surface area contributed by atoms with Crippen LogP contribution in [0.15, 0.2) is 28.6 Å². The quantitative estimate of drug-likeness (QED) is 0.778. The van der Waals surface area contributed by atoms with Gasteiger partial charge in [-0.25, -0.2) is 4.98 Å². The number of thioether (sulfide) groups is 1. The van der Waals surface area contributed by atoms with Crippen LogP contribution in [0.25, 0.3) is 10.2 Å². The molecule has 0 amide bonds. The monoisotopic (exact) mass is 266 g/mol. The Balaban J connectivity index is 2.06. The zero-order valence-corrected chi connectivity index (χ0v) is 11.0. The van der Waals surface area contributed by atoms with Gasteiger partial charge in [-0.2, -0.15) is 0 Å². The Labute approximate surface area is 108 Å². The number of carbonyl (C=O) groups is 1. The molecule has 0 saturated heterocycles. The maximum absolute atomic E-state index is 10.8. The average molecular weight is 266 g/mol. The first-order valence-electron chi connectivity index (χ1n) is 5.40. The van der Waals surface area contributed by atoms with Gasteiger partial charge in [-0.3, -0.25) is 0 Å². The van der Waals surface area contributed by atoms with Gasteiger partial charge < -0.3 is 9.90 Å². The van der Waals surface area contributed by atoms with Crippen LogP contribution < -0.4 is 5.11 Å². The van der Waals surface area contributed by atoms with Crippen LogP contribution in [0.5, 0.6) is 0 Å². The first-order chi connectivity index (χ1) is 8.20. The molecule has 1 aromatic heterocycles. The Bertz CT molecular complexity index is 491. The number of carboxylic acids is 1. The van der Waals surface area contributed by atoms with Gasteiger partial charge in [0.2, 0.25) is 0 Å². The van der Waals surface area contributed by atoms with E-state index in [1.54, 1.807) is 11.3 Å². The molecule has 5 heteroatoms. The third kappa shape index (κ3) is 2.98. The van der Waals surface area contributed by atoms with Gasteiger partial charge in [0, 0.05) is 17.6 Å². The van der Waals surface area contributed by atoms with Crippen LogP contribution in [0, 0.1) is 5.92 Å². The summed E-state index contributed by atoms with van der Waals surface area (Å²) < 4.78 is 2.06. The van der Waals surface area contributed by atoms with E-state index in [0.717, 1.165) is 14.6 Å². The number of benzene rings is 1. The Hall–Kier alpha value is -1.07. The fourth-order valence-electron chi connectivity index (χ4n) is 1.44. The first-order valence-corrected chi connectivity index (χ1v) is 7.20. The lowest BCUT2D eigenvalue weighted by Gasteiger charge is -2.13. The highest BCUT2D eigenvalue weighted by molar-refractivity contribution is 8.01. The van der Waals surface area contributed by atoms with Gasteiger partial charge in [-0.1, -0.05) is 30.8 Å². The minimum atomic E-state index is -0.971. The molecule has 3 nitrogen and oxygen atoms in total. The van der Waals surface area contributed by atoms with E-state index in [0.29, 0.717) is 12.2 Å². The molecule has 0 N–H and O–H groups in total. The molecule has 0 fully saturated rings. The van der Waals surface area contributed by atoms with Crippen LogP contribution in [0.1, 0.15) is 13.3 Å². The van der Waals surface area contributed by atoms with Crippen LogP contribution in [-0.4, -0.2) is 16.7 Å². The third-order valence-corrected chi connectivity index (χ3v) is 4.85. The Morgan fingerprint density at radius 3 is 2.94 bits per heavy atom. The maximum Gasteiger partial charge on any atom is 0.151 e. The van der Waals surface area contributed by atoms with Gasteiger partial charge in [-0.05, 0) is 18.6 Å². The topological polar surface area (TPSA) is 53.0 Å². The molecule has 1 heterocycles. The summed E-state index contributed by atoms with van der Waals surface area (Å²) in [7, 11) is 0. The van der Waals surface area contributed by atoms with Crippen molar-refractivity contribution in [2.24, 2.45) is 5.92 Å². The average Bonchev–Trinajstić information content (AvgIpc) is 2.71. The number of carbonyl (C=O) groups excluding carboxylic acids is 1. The molecule has 0 aliphatic rings. The second-order valence-electron chi connectivity index (χ2n) is 3.68. The minimum Gasteiger partial charge on any atom is -0.550 e. The summed E-state index contributed by atoms with van der Waals surface area (Å²) in [4.78, 5) is 15.2. The van der Waals surface area contributed by atoms with E-state index < -0.39 is 11.9 Å². The molecule has 90 valence electrons. The van der Waals surface area contributed by atoms with Crippen molar-refractivity contribution in [3.05, 3.63) is 24.3 Å². The fraction of sp³-hybridized carbons (Fsp3) is 0.333. The number of carboxylic acid groups (broad SMARTS) is 1. The highest BCUT2D eigenvalue weighted by Gasteiger charge is 2.10. The van der Waals surface area contributed by atoms with Crippen molar-refractivity contribution in [3.8, 4) is 0 Å². The molecular formula is C12H12NO2S2-. The summed E-state index contributed by atoms with van der Waals surface area (Å²) >= 11 is 3.09. The number of aliphatic carboxylic acids is 1. The number of hydrogen-bond donors (Lipinski definition) is 0. The maximum atomic E-state index is 10.8. The summed E-state index contributed by atoms with van der Waals surface area (Å²) in [6.45, 7) is 1.86. The number of rotatable bonds is 5. The van der Waals surface area contributed by atoms with Crippen LogP contribution in [0.4, 0.5) is 0 Å². The second kappa shape index (κ2) is 5.51. The van der Waals surface area contributed by atoms with E-state index in [1.807, 2.05) is 31.2 Å². The second-order valence-corrected chi connectivity index (χ2v) is 5.98. The van der Waals surface area contributed by atoms with Crippen molar-refractivity contribution in [1.29, 1.82) is 0 Å². The van der Waals surface area contributed by atoms with Crippen molar-refractivity contribution in [2.75, 3.05) is 5.75 Å². The Morgan fingerprint density at radius 2 is 2.29 bits per heavy atom. The molecule has 0 saturated carbocycles. The lowest BCUT2D eigenvalue weighted by Crippen LogP contribution is -2.32. The zero-order chi connectivity index (χ0) is 12.3. The largest absolute Gasteiger partial charge is 0.550 e. The fourth-order valence-corrected chi connectivity index (χ4v) is 3.72. The molecule has 2 rings (SSSR count). The highest BCUT2D eigenvalue weighted by Crippen LogP contribution is 2.30. The molecule has 17 heavy (non-hydrogen) atoms. The van der Waals surface area contributed by atoms with E-state index >= 15 is 0 Å². The van der Waals surface area contributed by atoms with E-state index in [2.05, 4.69) is 4.98 Å². The number of hydrogen-bond acceptors (Lipinski definition) is 5. The normalized spacial score (nSPS) is 12.8. The summed E-state index contributed by atoms with van der Waals surface area (Å²) in [5, 5.41) is 10.8. The van der Waals surface area contributed by atoms with Gasteiger partial charge in [-0.15, -0.1) is 11.3 Å². The van der Waals surface area contributed by atoms with E-state index in [-0.39, 0.29) is 0 Å². The summed E-state index contributed by atoms with van der Waals surface area (Å²) in [6.07, 6.45) is 0.597. The van der Waals surface area contributed by atoms with Crippen LogP contribution in [0.2, 0.25) is 0 Å². The van der Waals surface area contributed by atoms with Gasteiger partial charge >= 0.3 is 0 Å². The van der Waals surface area contributed by atoms with E-state index in [1.165, 1.54) is 11.8 Å². The Kier molecular flexibility index (Phi) is 4.02. The van der Waals surface area contributed by atoms with Gasteiger partial charge in [0.25, 0.3) is 0 Å². The van der Waals surface area contributed by atoms with Crippen LogP contribution in [0.3, 0.4) is 0 Å². The lowest BCUT2D eigenvalue weighted by molar-refractivity contribution is -0.310. The molecule has 1 atom stereocenters. The van der Waals surface area contributed by atoms with Crippen molar-refractivity contribution < 1.29 is 9.90 Å². The molecule has 0 bridgehead atoms. The Morgan fingerprint density at radius 1 is 1.53 bits per heavy atom. The predicted octanol–water partition coefficient (Wildman–Crippen LogP) is 2.16. The zero-order valence-electron chi connectivity index (χ0n) is 9.38. The standard InChI is InChI=1S/C12H13NO2S2/c1-2-8(11(14)15)7-16-12-13-9-5-3-4-6-10(9)17-12/h3-6,8H,2,7H2,1H3,(H,14,15)/p-1. The first kappa shape index (κ1) is 12.4. The smallest absolute Gasteiger partial charge is 0.151 e. The van der Waals surface area contributed by atoms with Crippen LogP contribution >= 0.6 is 23.1 Å². The highest BCUT2D eigenvalue weighted by atomic mass is 32.2. The predicted molar refractivity (Wildman–Crippen MR) is 69.1 cm³/mol. The van der Waals surface area contributed by atoms with Crippen molar-refractivity contribution in [3.63, 3.8) is 0 Å². The molecule has 1 unspecified atom stereocenters. The molecule has 0 aliphatic carbocycles. The number of fused-ring (bicyclic) bond motifs is 1.